The molecule has 1 fully saturated rings. The van der Waals surface area contributed by atoms with E-state index in [-0.39, 0.29) is 0 Å². The van der Waals surface area contributed by atoms with Crippen LogP contribution in [0.1, 0.15) is 5.56 Å². The van der Waals surface area contributed by atoms with E-state index in [0.29, 0.717) is 49.7 Å². The second-order valence-corrected chi connectivity index (χ2v) is 7.94. The minimum absolute atomic E-state index is 0.481. The first kappa shape index (κ1) is 22.6. The highest BCUT2D eigenvalue weighted by molar-refractivity contribution is 7.97. The Morgan fingerprint density at radius 2 is 1.33 bits per heavy atom. The van der Waals surface area contributed by atoms with Gasteiger partial charge in [0.05, 0.1) is 0 Å². The fourth-order valence-corrected chi connectivity index (χ4v) is 4.08. The standard InChI is InChI=1S/C19H19F6N3OS/c20-18(21,22)17(29,19(23,24)25)13-5-7-14(8-6-13)27-9-11-28(12-10-27)30-16-4-2-1-3-15(16)26/h1-8,29H,9-12,26H2. The summed E-state index contributed by atoms with van der Waals surface area (Å²) in [6, 6.07) is 11.1. The first-order valence-corrected chi connectivity index (χ1v) is 9.69. The summed E-state index contributed by atoms with van der Waals surface area (Å²) >= 11 is 1.50. The van der Waals surface area contributed by atoms with E-state index in [1.165, 1.54) is 11.9 Å². The van der Waals surface area contributed by atoms with Gasteiger partial charge in [0.2, 0.25) is 0 Å². The molecule has 11 heteroatoms. The molecular formula is C19H19F6N3OS. The zero-order chi connectivity index (χ0) is 22.2. The number of nitrogens with zero attached hydrogens (tertiary/aromatic N) is 2. The maximum atomic E-state index is 13.0. The molecule has 2 aromatic carbocycles. The number of anilines is 2. The van der Waals surface area contributed by atoms with Gasteiger partial charge in [0.15, 0.2) is 0 Å². The van der Waals surface area contributed by atoms with Gasteiger partial charge < -0.3 is 15.7 Å². The molecule has 0 atom stereocenters. The average molecular weight is 451 g/mol. The summed E-state index contributed by atoms with van der Waals surface area (Å²) < 4.78 is 80.1. The summed E-state index contributed by atoms with van der Waals surface area (Å²) in [4.78, 5) is 2.77. The quantitative estimate of drug-likeness (QED) is 0.410. The molecule has 0 radical (unpaired) electrons. The van der Waals surface area contributed by atoms with Gasteiger partial charge in [-0.3, -0.25) is 0 Å². The molecule has 0 spiro atoms. The third-order valence-corrected chi connectivity index (χ3v) is 6.05. The lowest BCUT2D eigenvalue weighted by atomic mass is 9.92. The van der Waals surface area contributed by atoms with Crippen LogP contribution >= 0.6 is 11.9 Å². The lowest BCUT2D eigenvalue weighted by Gasteiger charge is -2.36. The molecular weight excluding hydrogens is 432 g/mol. The van der Waals surface area contributed by atoms with Crippen LogP contribution in [0.25, 0.3) is 0 Å². The Balaban J connectivity index is 1.68. The molecule has 1 saturated heterocycles. The van der Waals surface area contributed by atoms with Gasteiger partial charge in [-0.25, -0.2) is 4.31 Å². The van der Waals surface area contributed by atoms with E-state index in [2.05, 4.69) is 4.31 Å². The van der Waals surface area contributed by atoms with Crippen LogP contribution in [0.3, 0.4) is 0 Å². The van der Waals surface area contributed by atoms with E-state index < -0.39 is 23.5 Å². The lowest BCUT2D eigenvalue weighted by Crippen LogP contribution is -2.53. The molecule has 164 valence electrons. The third-order valence-electron chi connectivity index (χ3n) is 4.86. The summed E-state index contributed by atoms with van der Waals surface area (Å²) in [5.41, 5.74) is 0.887. The van der Waals surface area contributed by atoms with Gasteiger partial charge in [-0.1, -0.05) is 24.3 Å². The summed E-state index contributed by atoms with van der Waals surface area (Å²) in [6.45, 7) is 2.30. The van der Waals surface area contributed by atoms with E-state index in [0.717, 1.165) is 17.0 Å². The van der Waals surface area contributed by atoms with Crippen molar-refractivity contribution in [3.8, 4) is 0 Å². The van der Waals surface area contributed by atoms with Crippen molar-refractivity contribution in [2.75, 3.05) is 36.8 Å². The Morgan fingerprint density at radius 1 is 0.800 bits per heavy atom. The van der Waals surface area contributed by atoms with Crippen molar-refractivity contribution in [2.45, 2.75) is 22.8 Å². The van der Waals surface area contributed by atoms with E-state index in [4.69, 9.17) is 5.73 Å². The van der Waals surface area contributed by atoms with Crippen LogP contribution in [0.15, 0.2) is 53.4 Å². The number of benzene rings is 2. The lowest BCUT2D eigenvalue weighted by molar-refractivity contribution is -0.376. The molecule has 0 unspecified atom stereocenters. The molecule has 3 rings (SSSR count). The van der Waals surface area contributed by atoms with Crippen LogP contribution in [-0.2, 0) is 5.60 Å². The maximum absolute atomic E-state index is 13.0. The molecule has 0 saturated carbocycles. The molecule has 3 N–H and O–H groups in total. The van der Waals surface area contributed by atoms with Crippen molar-refractivity contribution in [3.63, 3.8) is 0 Å². The number of rotatable bonds is 4. The minimum atomic E-state index is -5.89. The Labute approximate surface area is 173 Å². The molecule has 30 heavy (non-hydrogen) atoms. The van der Waals surface area contributed by atoms with Gasteiger partial charge in [-0.15, -0.1) is 0 Å². The maximum Gasteiger partial charge on any atom is 0.430 e. The summed E-state index contributed by atoms with van der Waals surface area (Å²) in [6.07, 6.45) is -11.8. The van der Waals surface area contributed by atoms with Crippen molar-refractivity contribution in [1.82, 2.24) is 4.31 Å². The monoisotopic (exact) mass is 451 g/mol. The van der Waals surface area contributed by atoms with Crippen LogP contribution in [0.4, 0.5) is 37.7 Å². The Hall–Kier alpha value is -2.11. The molecule has 2 aromatic rings. The van der Waals surface area contributed by atoms with Crippen LogP contribution < -0.4 is 10.6 Å². The Kier molecular flexibility index (Phi) is 6.17. The SMILES string of the molecule is Nc1ccccc1SN1CCN(c2ccc(C(O)(C(F)(F)F)C(F)(F)F)cc2)CC1. The van der Waals surface area contributed by atoms with Crippen LogP contribution in [0, 0.1) is 0 Å². The van der Waals surface area contributed by atoms with Gasteiger partial charge in [0, 0.05) is 48.0 Å². The highest BCUT2D eigenvalue weighted by atomic mass is 32.2. The number of aliphatic hydroxyl groups is 1. The Morgan fingerprint density at radius 3 is 1.83 bits per heavy atom. The molecule has 1 aliphatic heterocycles. The molecule has 0 aliphatic carbocycles. The number of piperazine rings is 1. The zero-order valence-electron chi connectivity index (χ0n) is 15.5. The van der Waals surface area contributed by atoms with Gasteiger partial charge in [-0.2, -0.15) is 26.3 Å². The number of halogens is 6. The predicted octanol–water partition coefficient (Wildman–Crippen LogP) is 4.41. The molecule has 1 heterocycles. The van der Waals surface area contributed by atoms with E-state index in [9.17, 15) is 31.4 Å². The fourth-order valence-electron chi connectivity index (χ4n) is 3.14. The molecule has 0 amide bonds. The molecule has 0 bridgehead atoms. The number of hydrogen-bond donors (Lipinski definition) is 2. The zero-order valence-corrected chi connectivity index (χ0v) is 16.4. The molecule has 1 aliphatic rings. The highest BCUT2D eigenvalue weighted by Gasteiger charge is 2.71. The van der Waals surface area contributed by atoms with E-state index in [1.54, 1.807) is 6.07 Å². The van der Waals surface area contributed by atoms with E-state index in [1.807, 2.05) is 23.1 Å². The molecule has 4 nitrogen and oxygen atoms in total. The predicted molar refractivity (Wildman–Crippen MR) is 103 cm³/mol. The van der Waals surface area contributed by atoms with Gasteiger partial charge >= 0.3 is 12.4 Å². The number of nitrogen functional groups attached to an aromatic ring is 1. The number of alkyl halides is 6. The molecule has 0 aromatic heterocycles. The second kappa shape index (κ2) is 8.20. The Bertz CT molecular complexity index is 850. The van der Waals surface area contributed by atoms with E-state index >= 15 is 0 Å². The van der Waals surface area contributed by atoms with Gasteiger partial charge in [0.1, 0.15) is 0 Å². The number of para-hydroxylation sites is 1. The van der Waals surface area contributed by atoms with Gasteiger partial charge in [-0.05, 0) is 36.2 Å². The van der Waals surface area contributed by atoms with Gasteiger partial charge in [0.25, 0.3) is 5.60 Å². The highest BCUT2D eigenvalue weighted by Crippen LogP contribution is 2.50. The van der Waals surface area contributed by atoms with Crippen LogP contribution in [-0.4, -0.2) is 47.9 Å². The summed E-state index contributed by atoms with van der Waals surface area (Å²) in [5, 5.41) is 9.47. The first-order chi connectivity index (χ1) is 13.9. The summed E-state index contributed by atoms with van der Waals surface area (Å²) in [5.74, 6) is 0. The normalized spacial score (nSPS) is 16.7. The van der Waals surface area contributed by atoms with Crippen molar-refractivity contribution >= 4 is 23.3 Å². The average Bonchev–Trinajstić information content (AvgIpc) is 2.68. The van der Waals surface area contributed by atoms with Crippen molar-refractivity contribution in [1.29, 1.82) is 0 Å². The van der Waals surface area contributed by atoms with Crippen molar-refractivity contribution in [2.24, 2.45) is 0 Å². The van der Waals surface area contributed by atoms with Crippen molar-refractivity contribution < 1.29 is 31.4 Å². The minimum Gasteiger partial charge on any atom is -0.398 e. The number of hydrogen-bond acceptors (Lipinski definition) is 5. The smallest absolute Gasteiger partial charge is 0.398 e. The van der Waals surface area contributed by atoms with Crippen LogP contribution in [0.5, 0.6) is 0 Å². The topological polar surface area (TPSA) is 52.7 Å². The largest absolute Gasteiger partial charge is 0.430 e. The first-order valence-electron chi connectivity index (χ1n) is 8.92. The second-order valence-electron chi connectivity index (χ2n) is 6.80. The van der Waals surface area contributed by atoms with Crippen molar-refractivity contribution in [3.05, 3.63) is 54.1 Å². The third kappa shape index (κ3) is 4.33. The number of nitrogens with two attached hydrogens (primary N) is 1. The summed E-state index contributed by atoms with van der Waals surface area (Å²) in [7, 11) is 0. The fraction of sp³-hybridized carbons (Fsp3) is 0.368. The van der Waals surface area contributed by atoms with Crippen LogP contribution in [0.2, 0.25) is 0 Å².